The molecule has 1 N–H and O–H groups in total. The number of ether oxygens (including phenoxy) is 1. The van der Waals surface area contributed by atoms with E-state index in [2.05, 4.69) is 41.4 Å². The van der Waals surface area contributed by atoms with Gasteiger partial charge in [0.1, 0.15) is 12.4 Å². The number of nitrogens with one attached hydrogen (secondary N) is 1. The van der Waals surface area contributed by atoms with Gasteiger partial charge in [-0.25, -0.2) is 0 Å². The topological polar surface area (TPSA) is 41.6 Å². The summed E-state index contributed by atoms with van der Waals surface area (Å²) in [4.78, 5) is 15.0. The molecule has 3 aromatic rings. The maximum atomic E-state index is 13.0. The lowest BCUT2D eigenvalue weighted by molar-refractivity contribution is -0.118. The molecule has 3 rings (SSSR count). The van der Waals surface area contributed by atoms with E-state index < -0.39 is 0 Å². The largest absolute Gasteiger partial charge is 0.488 e. The number of hydrogen-bond acceptors (Lipinski definition) is 3. The maximum absolute atomic E-state index is 13.0. The quantitative estimate of drug-likeness (QED) is 0.295. The van der Waals surface area contributed by atoms with Crippen LogP contribution in [0.1, 0.15) is 38.2 Å². The molecule has 0 spiro atoms. The molecule has 0 bridgehead atoms. The standard InChI is InChI=1S/C28H34N2O2/c1-4-5-6-7-12-24(21-32-27-15-10-13-23-11-8-9-14-26(23)27)28(31)29-20-22-16-18-25(19-17-22)30(2)3/h8-19H,4-7,20-21H2,1-3H3,(H,29,31)/b24-12+. The van der Waals surface area contributed by atoms with Crippen molar-refractivity contribution in [2.75, 3.05) is 25.6 Å². The van der Waals surface area contributed by atoms with Gasteiger partial charge in [0.05, 0.1) is 5.57 Å². The average Bonchev–Trinajstić information content (AvgIpc) is 2.82. The van der Waals surface area contributed by atoms with Gasteiger partial charge in [-0.05, 0) is 42.0 Å². The number of rotatable bonds is 11. The van der Waals surface area contributed by atoms with Crippen molar-refractivity contribution in [1.82, 2.24) is 5.32 Å². The van der Waals surface area contributed by atoms with Crippen LogP contribution in [0.15, 0.2) is 78.4 Å². The Labute approximate surface area is 191 Å². The molecule has 0 saturated heterocycles. The van der Waals surface area contributed by atoms with Crippen LogP contribution in [0.25, 0.3) is 10.8 Å². The summed E-state index contributed by atoms with van der Waals surface area (Å²) >= 11 is 0. The van der Waals surface area contributed by atoms with Crippen molar-refractivity contribution in [3.63, 3.8) is 0 Å². The van der Waals surface area contributed by atoms with Crippen LogP contribution in [0.2, 0.25) is 0 Å². The van der Waals surface area contributed by atoms with Crippen LogP contribution in [0.5, 0.6) is 5.75 Å². The summed E-state index contributed by atoms with van der Waals surface area (Å²) < 4.78 is 6.12. The van der Waals surface area contributed by atoms with Crippen LogP contribution >= 0.6 is 0 Å². The number of hydrogen-bond donors (Lipinski definition) is 1. The highest BCUT2D eigenvalue weighted by molar-refractivity contribution is 5.94. The first kappa shape index (κ1) is 23.4. The van der Waals surface area contributed by atoms with Gasteiger partial charge >= 0.3 is 0 Å². The molecule has 4 nitrogen and oxygen atoms in total. The molecule has 0 heterocycles. The van der Waals surface area contributed by atoms with Gasteiger partial charge in [-0.2, -0.15) is 0 Å². The summed E-state index contributed by atoms with van der Waals surface area (Å²) in [5.74, 6) is 0.730. The van der Waals surface area contributed by atoms with Crippen molar-refractivity contribution in [2.45, 2.75) is 39.2 Å². The SMILES string of the molecule is CCCCC/C=C(\COc1cccc2ccccc12)C(=O)NCc1ccc(N(C)C)cc1. The second-order valence-electron chi connectivity index (χ2n) is 8.23. The number of anilines is 1. The number of nitrogens with zero attached hydrogens (tertiary/aromatic N) is 1. The lowest BCUT2D eigenvalue weighted by atomic mass is 10.1. The molecule has 0 atom stereocenters. The normalized spacial score (nSPS) is 11.4. The van der Waals surface area contributed by atoms with Crippen molar-refractivity contribution >= 4 is 22.4 Å². The first-order valence-electron chi connectivity index (χ1n) is 11.4. The number of carbonyl (C=O) groups is 1. The van der Waals surface area contributed by atoms with E-state index in [1.165, 1.54) is 0 Å². The molecule has 0 aliphatic heterocycles. The van der Waals surface area contributed by atoms with Gasteiger partial charge in [0.15, 0.2) is 0 Å². The van der Waals surface area contributed by atoms with E-state index in [1.807, 2.05) is 62.6 Å². The zero-order valence-corrected chi connectivity index (χ0v) is 19.4. The van der Waals surface area contributed by atoms with Gasteiger partial charge < -0.3 is 15.0 Å². The molecule has 0 aromatic heterocycles. The fourth-order valence-electron chi connectivity index (χ4n) is 3.57. The highest BCUT2D eigenvalue weighted by Gasteiger charge is 2.11. The summed E-state index contributed by atoms with van der Waals surface area (Å²) in [6, 6.07) is 22.4. The van der Waals surface area contributed by atoms with Crippen LogP contribution in [-0.2, 0) is 11.3 Å². The molecule has 0 saturated carbocycles. The number of carbonyl (C=O) groups excluding carboxylic acids is 1. The van der Waals surface area contributed by atoms with Crippen molar-refractivity contribution in [1.29, 1.82) is 0 Å². The molecule has 1 amide bonds. The van der Waals surface area contributed by atoms with E-state index in [0.29, 0.717) is 12.1 Å². The van der Waals surface area contributed by atoms with Gasteiger partial charge in [0, 0.05) is 31.7 Å². The van der Waals surface area contributed by atoms with Crippen LogP contribution in [-0.4, -0.2) is 26.6 Å². The Hall–Kier alpha value is -3.27. The van der Waals surface area contributed by atoms with Gasteiger partial charge in [-0.15, -0.1) is 0 Å². The lowest BCUT2D eigenvalue weighted by Gasteiger charge is -2.14. The van der Waals surface area contributed by atoms with Crippen molar-refractivity contribution in [3.05, 3.63) is 83.9 Å². The van der Waals surface area contributed by atoms with E-state index in [0.717, 1.165) is 53.5 Å². The van der Waals surface area contributed by atoms with E-state index >= 15 is 0 Å². The Morgan fingerprint density at radius 2 is 1.72 bits per heavy atom. The first-order chi connectivity index (χ1) is 15.6. The number of unbranched alkanes of at least 4 members (excludes halogenated alkanes) is 3. The fourth-order valence-corrected chi connectivity index (χ4v) is 3.57. The molecule has 0 aliphatic rings. The highest BCUT2D eigenvalue weighted by Crippen LogP contribution is 2.25. The number of benzene rings is 3. The summed E-state index contributed by atoms with van der Waals surface area (Å²) in [6.45, 7) is 2.93. The van der Waals surface area contributed by atoms with E-state index in [4.69, 9.17) is 4.74 Å². The molecule has 4 heteroatoms. The Morgan fingerprint density at radius 3 is 2.47 bits per heavy atom. The average molecular weight is 431 g/mol. The molecule has 32 heavy (non-hydrogen) atoms. The van der Waals surface area contributed by atoms with Crippen LogP contribution in [0.3, 0.4) is 0 Å². The van der Waals surface area contributed by atoms with Gasteiger partial charge in [0.2, 0.25) is 0 Å². The predicted molar refractivity (Wildman–Crippen MR) is 134 cm³/mol. The minimum absolute atomic E-state index is 0.0709. The summed E-state index contributed by atoms with van der Waals surface area (Å²) in [6.07, 6.45) is 6.31. The van der Waals surface area contributed by atoms with Crippen molar-refractivity contribution in [2.24, 2.45) is 0 Å². The Kier molecular flexibility index (Phi) is 8.73. The number of allylic oxidation sites excluding steroid dienone is 1. The number of fused-ring (bicyclic) bond motifs is 1. The van der Waals surface area contributed by atoms with Gasteiger partial charge in [0.25, 0.3) is 5.91 Å². The van der Waals surface area contributed by atoms with Crippen molar-refractivity contribution < 1.29 is 9.53 Å². The second-order valence-corrected chi connectivity index (χ2v) is 8.23. The third kappa shape index (κ3) is 6.61. The molecule has 0 unspecified atom stereocenters. The van der Waals surface area contributed by atoms with Crippen molar-refractivity contribution in [3.8, 4) is 5.75 Å². The molecule has 168 valence electrons. The minimum atomic E-state index is -0.0709. The van der Waals surface area contributed by atoms with E-state index in [-0.39, 0.29) is 12.5 Å². The Morgan fingerprint density at radius 1 is 0.969 bits per heavy atom. The first-order valence-corrected chi connectivity index (χ1v) is 11.4. The molecule has 3 aromatic carbocycles. The monoisotopic (exact) mass is 430 g/mol. The summed E-state index contributed by atoms with van der Waals surface area (Å²) in [5.41, 5.74) is 2.89. The van der Waals surface area contributed by atoms with E-state index in [1.54, 1.807) is 0 Å². The molecular weight excluding hydrogens is 396 g/mol. The Bertz CT molecular complexity index is 1030. The smallest absolute Gasteiger partial charge is 0.250 e. The van der Waals surface area contributed by atoms with Gasteiger partial charge in [-0.1, -0.05) is 74.4 Å². The third-order valence-electron chi connectivity index (χ3n) is 5.53. The third-order valence-corrected chi connectivity index (χ3v) is 5.53. The molecule has 0 fully saturated rings. The van der Waals surface area contributed by atoms with Crippen LogP contribution in [0, 0.1) is 0 Å². The maximum Gasteiger partial charge on any atom is 0.250 e. The van der Waals surface area contributed by atoms with E-state index in [9.17, 15) is 4.79 Å². The summed E-state index contributed by atoms with van der Waals surface area (Å²) in [7, 11) is 4.03. The zero-order chi connectivity index (χ0) is 22.8. The van der Waals surface area contributed by atoms with Gasteiger partial charge in [-0.3, -0.25) is 4.79 Å². The second kappa shape index (κ2) is 11.9. The fraction of sp³-hybridized carbons (Fsp3) is 0.321. The predicted octanol–water partition coefficient (Wildman–Crippen LogP) is 6.11. The molecule has 0 radical (unpaired) electrons. The van der Waals surface area contributed by atoms with Crippen LogP contribution in [0.4, 0.5) is 5.69 Å². The molecular formula is C28H34N2O2. The highest BCUT2D eigenvalue weighted by atomic mass is 16.5. The number of amides is 1. The zero-order valence-electron chi connectivity index (χ0n) is 19.4. The minimum Gasteiger partial charge on any atom is -0.488 e. The Balaban J connectivity index is 1.66. The van der Waals surface area contributed by atoms with Crippen LogP contribution < -0.4 is 15.0 Å². The molecule has 0 aliphatic carbocycles. The summed E-state index contributed by atoms with van der Waals surface area (Å²) in [5, 5.41) is 5.25. The lowest BCUT2D eigenvalue weighted by Crippen LogP contribution is -2.27.